The molecule has 5 heteroatoms. The minimum atomic E-state index is 0.114. The molecule has 0 aliphatic heterocycles. The highest BCUT2D eigenvalue weighted by Gasteiger charge is 2.19. The molecule has 0 spiro atoms. The number of benzene rings is 2. The fourth-order valence-electron chi connectivity index (χ4n) is 3.25. The molecule has 1 aromatic heterocycles. The Kier molecular flexibility index (Phi) is 7.04. The summed E-state index contributed by atoms with van der Waals surface area (Å²) in [7, 11) is 0. The Morgan fingerprint density at radius 2 is 1.79 bits per heavy atom. The maximum atomic E-state index is 12.8. The van der Waals surface area contributed by atoms with Gasteiger partial charge < -0.3 is 9.64 Å². The summed E-state index contributed by atoms with van der Waals surface area (Å²) in [4.78, 5) is 19.4. The lowest BCUT2D eigenvalue weighted by Crippen LogP contribution is -2.37. The number of carbonyl (C=O) groups is 1. The smallest absolute Gasteiger partial charge is 0.227 e. The number of carbonyl (C=O) groups excluding carboxylic acids is 1. The van der Waals surface area contributed by atoms with Gasteiger partial charge in [0.1, 0.15) is 17.4 Å². The van der Waals surface area contributed by atoms with Crippen LogP contribution in [0.2, 0.25) is 0 Å². The monoisotopic (exact) mass is 408 g/mol. The van der Waals surface area contributed by atoms with Gasteiger partial charge in [-0.05, 0) is 56.5 Å². The number of ether oxygens (including phenoxy) is 1. The van der Waals surface area contributed by atoms with Crippen molar-refractivity contribution in [3.05, 3.63) is 81.3 Å². The van der Waals surface area contributed by atoms with Crippen molar-refractivity contribution in [2.24, 2.45) is 0 Å². The molecule has 0 saturated carbocycles. The number of nitrogens with zero attached hydrogens (tertiary/aromatic N) is 2. The zero-order valence-electron chi connectivity index (χ0n) is 17.5. The lowest BCUT2D eigenvalue weighted by molar-refractivity contribution is -0.132. The van der Waals surface area contributed by atoms with Gasteiger partial charge in [0.2, 0.25) is 5.91 Å². The normalized spacial score (nSPS) is 10.9. The van der Waals surface area contributed by atoms with Gasteiger partial charge in [0.25, 0.3) is 0 Å². The van der Waals surface area contributed by atoms with E-state index in [9.17, 15) is 4.79 Å². The molecular weight excluding hydrogens is 380 g/mol. The second-order valence-corrected chi connectivity index (χ2v) is 8.57. The van der Waals surface area contributed by atoms with Crippen molar-refractivity contribution in [3.8, 4) is 5.75 Å². The van der Waals surface area contributed by atoms with Gasteiger partial charge in [-0.3, -0.25) is 4.79 Å². The van der Waals surface area contributed by atoms with Crippen LogP contribution in [0.5, 0.6) is 5.75 Å². The molecule has 0 saturated heterocycles. The van der Waals surface area contributed by atoms with Gasteiger partial charge >= 0.3 is 0 Å². The van der Waals surface area contributed by atoms with Crippen LogP contribution in [0.25, 0.3) is 0 Å². The van der Waals surface area contributed by atoms with Crippen molar-refractivity contribution in [3.63, 3.8) is 0 Å². The van der Waals surface area contributed by atoms with E-state index < -0.39 is 0 Å². The Morgan fingerprint density at radius 3 is 2.45 bits per heavy atom. The first-order valence-electron chi connectivity index (χ1n) is 9.88. The Balaban J connectivity index is 1.61. The maximum absolute atomic E-state index is 12.8. The highest BCUT2D eigenvalue weighted by Crippen LogP contribution is 2.20. The van der Waals surface area contributed by atoms with Crippen molar-refractivity contribution >= 4 is 17.2 Å². The lowest BCUT2D eigenvalue weighted by Gasteiger charge is -2.26. The van der Waals surface area contributed by atoms with Gasteiger partial charge in [0.15, 0.2) is 0 Å². The number of hydrogen-bond acceptors (Lipinski definition) is 4. The first-order chi connectivity index (χ1) is 13.9. The van der Waals surface area contributed by atoms with E-state index >= 15 is 0 Å². The van der Waals surface area contributed by atoms with Crippen LogP contribution in [-0.4, -0.2) is 21.8 Å². The zero-order valence-corrected chi connectivity index (χ0v) is 18.3. The van der Waals surface area contributed by atoms with Crippen molar-refractivity contribution in [2.45, 2.75) is 53.3 Å². The summed E-state index contributed by atoms with van der Waals surface area (Å²) in [6.07, 6.45) is 0.409. The van der Waals surface area contributed by atoms with E-state index in [0.29, 0.717) is 19.6 Å². The average molecular weight is 409 g/mol. The Hall–Kier alpha value is -2.66. The largest absolute Gasteiger partial charge is 0.486 e. The van der Waals surface area contributed by atoms with Gasteiger partial charge in [0.05, 0.1) is 18.7 Å². The van der Waals surface area contributed by atoms with Crippen LogP contribution in [0, 0.1) is 13.8 Å². The second-order valence-electron chi connectivity index (χ2n) is 7.62. The first kappa shape index (κ1) is 21.1. The molecule has 0 radical (unpaired) electrons. The molecule has 29 heavy (non-hydrogen) atoms. The Bertz CT molecular complexity index is 930. The van der Waals surface area contributed by atoms with Gasteiger partial charge in [-0.1, -0.05) is 36.4 Å². The molecular formula is C24H28N2O2S. The summed E-state index contributed by atoms with van der Waals surface area (Å²) in [5.41, 5.74) is 4.31. The number of thiazole rings is 1. The van der Waals surface area contributed by atoms with E-state index in [2.05, 4.69) is 24.9 Å². The molecule has 2 aromatic carbocycles. The average Bonchev–Trinajstić information content (AvgIpc) is 3.12. The molecule has 1 amide bonds. The van der Waals surface area contributed by atoms with Crippen LogP contribution in [-0.2, 0) is 24.4 Å². The lowest BCUT2D eigenvalue weighted by atomic mass is 10.1. The van der Waals surface area contributed by atoms with Crippen LogP contribution < -0.4 is 4.74 Å². The number of rotatable bonds is 8. The molecule has 152 valence electrons. The predicted molar refractivity (Wildman–Crippen MR) is 118 cm³/mol. The van der Waals surface area contributed by atoms with Crippen LogP contribution in [0.4, 0.5) is 0 Å². The van der Waals surface area contributed by atoms with Gasteiger partial charge in [-0.2, -0.15) is 0 Å². The topological polar surface area (TPSA) is 42.4 Å². The van der Waals surface area contributed by atoms with Crippen molar-refractivity contribution in [1.29, 1.82) is 0 Å². The molecule has 0 aliphatic carbocycles. The number of amides is 1. The Labute approximate surface area is 177 Å². The fourth-order valence-corrected chi connectivity index (χ4v) is 3.95. The van der Waals surface area contributed by atoms with Crippen LogP contribution in [0.1, 0.15) is 41.2 Å². The molecule has 4 nitrogen and oxygen atoms in total. The highest BCUT2D eigenvalue weighted by molar-refractivity contribution is 7.09. The SMILES string of the molecule is Cc1cc(C)cc(OCc2nc(CN(C(=O)Cc3ccccc3)C(C)C)cs2)c1. The van der Waals surface area contributed by atoms with Gasteiger partial charge in [-0.15, -0.1) is 11.3 Å². The molecule has 0 fully saturated rings. The molecule has 0 unspecified atom stereocenters. The molecule has 0 atom stereocenters. The summed E-state index contributed by atoms with van der Waals surface area (Å²) < 4.78 is 5.91. The number of aromatic nitrogens is 1. The first-order valence-corrected chi connectivity index (χ1v) is 10.8. The minimum Gasteiger partial charge on any atom is -0.486 e. The predicted octanol–water partition coefficient (Wildman–Crippen LogP) is 5.32. The van der Waals surface area contributed by atoms with Gasteiger partial charge in [0, 0.05) is 11.4 Å². The third-order valence-corrected chi connectivity index (χ3v) is 5.50. The molecule has 0 aliphatic rings. The summed E-state index contributed by atoms with van der Waals surface area (Å²) in [5, 5.41) is 2.93. The van der Waals surface area contributed by atoms with Crippen LogP contribution in [0.3, 0.4) is 0 Å². The molecule has 0 N–H and O–H groups in total. The van der Waals surface area contributed by atoms with E-state index in [-0.39, 0.29) is 11.9 Å². The van der Waals surface area contributed by atoms with E-state index in [0.717, 1.165) is 22.0 Å². The van der Waals surface area contributed by atoms with E-state index in [1.54, 1.807) is 11.3 Å². The minimum absolute atomic E-state index is 0.114. The molecule has 3 rings (SSSR count). The summed E-state index contributed by atoms with van der Waals surface area (Å²) in [5.74, 6) is 0.980. The third kappa shape index (κ3) is 6.16. The number of hydrogen-bond donors (Lipinski definition) is 0. The standard InChI is InChI=1S/C24H28N2O2S/c1-17(2)26(24(27)13-20-8-6-5-7-9-20)14-21-16-29-23(25-21)15-28-22-11-18(3)10-19(4)12-22/h5-12,16-17H,13-15H2,1-4H3. The third-order valence-electron chi connectivity index (χ3n) is 4.63. The zero-order chi connectivity index (χ0) is 20.8. The summed E-state index contributed by atoms with van der Waals surface area (Å²) in [6, 6.07) is 16.2. The second kappa shape index (κ2) is 9.70. The molecule has 0 bridgehead atoms. The summed E-state index contributed by atoms with van der Waals surface area (Å²) >= 11 is 1.57. The quantitative estimate of drug-likeness (QED) is 0.507. The Morgan fingerprint density at radius 1 is 1.10 bits per heavy atom. The maximum Gasteiger partial charge on any atom is 0.227 e. The fraction of sp³-hybridized carbons (Fsp3) is 0.333. The van der Waals surface area contributed by atoms with Crippen LogP contribution in [0.15, 0.2) is 53.9 Å². The number of aryl methyl sites for hydroxylation is 2. The molecule has 1 heterocycles. The highest BCUT2D eigenvalue weighted by atomic mass is 32.1. The summed E-state index contributed by atoms with van der Waals surface area (Å²) in [6.45, 7) is 9.16. The van der Waals surface area contributed by atoms with E-state index in [1.165, 1.54) is 11.1 Å². The molecule has 3 aromatic rings. The van der Waals surface area contributed by atoms with E-state index in [1.807, 2.05) is 66.6 Å². The van der Waals surface area contributed by atoms with Gasteiger partial charge in [-0.25, -0.2) is 4.98 Å². The van der Waals surface area contributed by atoms with Crippen molar-refractivity contribution in [1.82, 2.24) is 9.88 Å². The van der Waals surface area contributed by atoms with Crippen LogP contribution >= 0.6 is 11.3 Å². The van der Waals surface area contributed by atoms with E-state index in [4.69, 9.17) is 4.74 Å². The van der Waals surface area contributed by atoms with Crippen molar-refractivity contribution in [2.75, 3.05) is 0 Å². The van der Waals surface area contributed by atoms with Crippen molar-refractivity contribution < 1.29 is 9.53 Å².